The molecule has 1 N–H and O–H groups in total. The van der Waals surface area contributed by atoms with Crippen molar-refractivity contribution in [1.29, 1.82) is 0 Å². The zero-order valence-electron chi connectivity index (χ0n) is 18.6. The van der Waals surface area contributed by atoms with Crippen molar-refractivity contribution in [2.45, 2.75) is 51.7 Å². The van der Waals surface area contributed by atoms with E-state index in [9.17, 15) is 13.2 Å². The topological polar surface area (TPSA) is 75.7 Å². The molecule has 2 aromatic carbocycles. The van der Waals surface area contributed by atoms with Crippen molar-refractivity contribution < 1.29 is 17.9 Å². The Morgan fingerprint density at radius 2 is 1.71 bits per heavy atom. The highest BCUT2D eigenvalue weighted by Crippen LogP contribution is 2.26. The first-order valence-electron chi connectivity index (χ1n) is 10.8. The van der Waals surface area contributed by atoms with E-state index in [1.54, 1.807) is 6.07 Å². The third kappa shape index (κ3) is 5.93. The second-order valence-electron chi connectivity index (χ2n) is 8.12. The molecule has 0 aromatic heterocycles. The molecular formula is C24H32N2O4S. The van der Waals surface area contributed by atoms with Crippen LogP contribution in [0.1, 0.15) is 42.0 Å². The Bertz CT molecular complexity index is 995. The summed E-state index contributed by atoms with van der Waals surface area (Å²) in [7, 11) is -3.53. The number of carbonyl (C=O) groups excluding carboxylic acids is 1. The summed E-state index contributed by atoms with van der Waals surface area (Å²) in [6.45, 7) is 8.20. The Labute approximate surface area is 185 Å². The summed E-state index contributed by atoms with van der Waals surface area (Å²) in [5.41, 5.74) is 3.93. The van der Waals surface area contributed by atoms with Gasteiger partial charge >= 0.3 is 0 Å². The molecule has 0 atom stereocenters. The van der Waals surface area contributed by atoms with Gasteiger partial charge in [0.1, 0.15) is 0 Å². The lowest BCUT2D eigenvalue weighted by Crippen LogP contribution is -2.43. The first-order chi connectivity index (χ1) is 14.8. The van der Waals surface area contributed by atoms with E-state index in [4.69, 9.17) is 4.74 Å². The number of sulfonamides is 1. The van der Waals surface area contributed by atoms with Crippen molar-refractivity contribution in [2.75, 3.05) is 19.7 Å². The summed E-state index contributed by atoms with van der Waals surface area (Å²) in [6.07, 6.45) is 1.06. The van der Waals surface area contributed by atoms with E-state index < -0.39 is 10.0 Å². The fourth-order valence-electron chi connectivity index (χ4n) is 3.89. The molecule has 1 aliphatic rings. The average molecular weight is 445 g/mol. The first-order valence-corrected chi connectivity index (χ1v) is 12.3. The van der Waals surface area contributed by atoms with Crippen LogP contribution in [0.15, 0.2) is 47.4 Å². The minimum absolute atomic E-state index is 0.0121. The van der Waals surface area contributed by atoms with Crippen LogP contribution in [-0.4, -0.2) is 38.3 Å². The maximum Gasteiger partial charge on any atom is 0.243 e. The number of aryl methyl sites for hydroxylation is 2. The van der Waals surface area contributed by atoms with Crippen LogP contribution in [0.5, 0.6) is 0 Å². The van der Waals surface area contributed by atoms with E-state index in [-0.39, 0.29) is 11.8 Å². The van der Waals surface area contributed by atoms with Crippen molar-refractivity contribution in [1.82, 2.24) is 9.62 Å². The zero-order chi connectivity index (χ0) is 22.4. The molecule has 0 unspecified atom stereocenters. The molecule has 7 heteroatoms. The van der Waals surface area contributed by atoms with Crippen LogP contribution in [0, 0.1) is 19.8 Å². The summed E-state index contributed by atoms with van der Waals surface area (Å²) < 4.78 is 32.9. The predicted molar refractivity (Wildman–Crippen MR) is 121 cm³/mol. The molecule has 31 heavy (non-hydrogen) atoms. The van der Waals surface area contributed by atoms with Crippen molar-refractivity contribution in [3.63, 3.8) is 0 Å². The van der Waals surface area contributed by atoms with Gasteiger partial charge in [-0.25, -0.2) is 8.42 Å². The summed E-state index contributed by atoms with van der Waals surface area (Å²) in [5.74, 6) is -0.176. The van der Waals surface area contributed by atoms with Gasteiger partial charge in [0.15, 0.2) is 0 Å². The molecule has 1 heterocycles. The Morgan fingerprint density at radius 1 is 1.06 bits per heavy atom. The number of amides is 1. The second-order valence-corrected chi connectivity index (χ2v) is 10.0. The number of hydrogen-bond acceptors (Lipinski definition) is 4. The molecule has 1 aliphatic heterocycles. The van der Waals surface area contributed by atoms with E-state index in [0.29, 0.717) is 50.6 Å². The van der Waals surface area contributed by atoms with E-state index >= 15 is 0 Å². The summed E-state index contributed by atoms with van der Waals surface area (Å²) in [5, 5.41) is 2.99. The molecule has 0 radical (unpaired) electrons. The van der Waals surface area contributed by atoms with Crippen LogP contribution >= 0.6 is 0 Å². The minimum Gasteiger partial charge on any atom is -0.377 e. The van der Waals surface area contributed by atoms with Crippen LogP contribution < -0.4 is 5.32 Å². The van der Waals surface area contributed by atoms with E-state index in [1.165, 1.54) is 4.31 Å². The third-order valence-electron chi connectivity index (χ3n) is 5.74. The number of carbonyl (C=O) groups is 1. The van der Waals surface area contributed by atoms with Crippen LogP contribution in [0.3, 0.4) is 0 Å². The van der Waals surface area contributed by atoms with Gasteiger partial charge in [0.05, 0.1) is 11.5 Å². The highest BCUT2D eigenvalue weighted by molar-refractivity contribution is 7.89. The van der Waals surface area contributed by atoms with Gasteiger partial charge in [-0.1, -0.05) is 42.0 Å². The number of hydrogen-bond donors (Lipinski definition) is 1. The molecule has 1 fully saturated rings. The molecule has 0 saturated carbocycles. The molecule has 2 aromatic rings. The predicted octanol–water partition coefficient (Wildman–Crippen LogP) is 3.56. The monoisotopic (exact) mass is 444 g/mol. The number of ether oxygens (including phenoxy) is 1. The fraction of sp³-hybridized carbons (Fsp3) is 0.458. The molecule has 0 bridgehead atoms. The standard InChI is InChI=1S/C24H32N2O4S/c1-4-30-17-21-8-6-20(7-9-21)16-25-24(27)22-11-13-26(14-12-22)31(28,29)23-10-5-18(2)15-19(23)3/h5-10,15,22H,4,11-14,16-17H2,1-3H3,(H,25,27). The minimum atomic E-state index is -3.53. The summed E-state index contributed by atoms with van der Waals surface area (Å²) in [6, 6.07) is 13.4. The van der Waals surface area contributed by atoms with E-state index in [1.807, 2.05) is 57.2 Å². The van der Waals surface area contributed by atoms with Gasteiger partial charge in [0, 0.05) is 32.2 Å². The number of rotatable bonds is 8. The van der Waals surface area contributed by atoms with E-state index in [0.717, 1.165) is 22.3 Å². The van der Waals surface area contributed by atoms with Crippen LogP contribution in [0.2, 0.25) is 0 Å². The van der Waals surface area contributed by atoms with Gasteiger partial charge in [-0.15, -0.1) is 0 Å². The van der Waals surface area contributed by atoms with Gasteiger partial charge < -0.3 is 10.1 Å². The highest BCUT2D eigenvalue weighted by Gasteiger charge is 2.32. The molecule has 0 aliphatic carbocycles. The summed E-state index contributed by atoms with van der Waals surface area (Å²) in [4.78, 5) is 13.0. The Kier molecular flexibility index (Phi) is 7.86. The molecule has 1 amide bonds. The molecule has 6 nitrogen and oxygen atoms in total. The number of benzene rings is 2. The van der Waals surface area contributed by atoms with Crippen LogP contribution in [0.4, 0.5) is 0 Å². The quantitative estimate of drug-likeness (QED) is 0.676. The molecule has 3 rings (SSSR count). The lowest BCUT2D eigenvalue weighted by molar-refractivity contribution is -0.126. The second kappa shape index (κ2) is 10.4. The van der Waals surface area contributed by atoms with Crippen molar-refractivity contribution in [3.05, 3.63) is 64.7 Å². The zero-order valence-corrected chi connectivity index (χ0v) is 19.4. The van der Waals surface area contributed by atoms with Crippen molar-refractivity contribution in [2.24, 2.45) is 5.92 Å². The smallest absolute Gasteiger partial charge is 0.243 e. The largest absolute Gasteiger partial charge is 0.377 e. The third-order valence-corrected chi connectivity index (χ3v) is 7.79. The van der Waals surface area contributed by atoms with E-state index in [2.05, 4.69) is 5.32 Å². The van der Waals surface area contributed by atoms with Crippen molar-refractivity contribution >= 4 is 15.9 Å². The SMILES string of the molecule is CCOCc1ccc(CNC(=O)C2CCN(S(=O)(=O)c3ccc(C)cc3C)CC2)cc1. The lowest BCUT2D eigenvalue weighted by Gasteiger charge is -2.31. The highest BCUT2D eigenvalue weighted by atomic mass is 32.2. The van der Waals surface area contributed by atoms with Gasteiger partial charge in [0.2, 0.25) is 15.9 Å². The first kappa shape index (κ1) is 23.4. The normalized spacial score (nSPS) is 15.7. The van der Waals surface area contributed by atoms with Gasteiger partial charge in [-0.3, -0.25) is 4.79 Å². The number of nitrogens with zero attached hydrogens (tertiary/aromatic N) is 1. The maximum atomic E-state index is 13.0. The Hall–Kier alpha value is -2.22. The maximum absolute atomic E-state index is 13.0. The van der Waals surface area contributed by atoms with Gasteiger partial charge in [0.25, 0.3) is 0 Å². The molecular weight excluding hydrogens is 412 g/mol. The van der Waals surface area contributed by atoms with Crippen LogP contribution in [-0.2, 0) is 32.7 Å². The lowest BCUT2D eigenvalue weighted by atomic mass is 9.97. The molecule has 0 spiro atoms. The number of piperidine rings is 1. The average Bonchev–Trinajstić information content (AvgIpc) is 2.76. The van der Waals surface area contributed by atoms with Gasteiger partial charge in [-0.05, 0) is 56.4 Å². The molecule has 1 saturated heterocycles. The van der Waals surface area contributed by atoms with Crippen molar-refractivity contribution in [3.8, 4) is 0 Å². The Balaban J connectivity index is 1.51. The van der Waals surface area contributed by atoms with Crippen LogP contribution in [0.25, 0.3) is 0 Å². The number of nitrogens with one attached hydrogen (secondary N) is 1. The summed E-state index contributed by atoms with van der Waals surface area (Å²) >= 11 is 0. The molecule has 168 valence electrons. The Morgan fingerprint density at radius 3 is 2.32 bits per heavy atom. The fourth-order valence-corrected chi connectivity index (χ4v) is 5.57. The van der Waals surface area contributed by atoms with Gasteiger partial charge in [-0.2, -0.15) is 4.31 Å².